The van der Waals surface area contributed by atoms with Gasteiger partial charge in [0.15, 0.2) is 0 Å². The minimum absolute atomic E-state index is 0.371. The molecule has 2 aromatic heterocycles. The molecule has 0 radical (unpaired) electrons. The lowest BCUT2D eigenvalue weighted by Crippen LogP contribution is -2.21. The Morgan fingerprint density at radius 1 is 1.16 bits per heavy atom. The zero-order valence-electron chi connectivity index (χ0n) is 14.2. The van der Waals surface area contributed by atoms with Gasteiger partial charge in [-0.1, -0.05) is 35.5 Å². The number of methoxy groups -OCH3 is 1. The predicted molar refractivity (Wildman–Crippen MR) is 95.2 cm³/mol. The lowest BCUT2D eigenvalue weighted by atomic mass is 10.2. The van der Waals surface area contributed by atoms with E-state index in [1.54, 1.807) is 13.3 Å². The third kappa shape index (κ3) is 3.53. The molecule has 4 rings (SSSR count). The van der Waals surface area contributed by atoms with Gasteiger partial charge in [-0.2, -0.15) is 0 Å². The molecule has 0 amide bonds. The molecule has 3 heterocycles. The van der Waals surface area contributed by atoms with Crippen LogP contribution in [0, 0.1) is 0 Å². The van der Waals surface area contributed by atoms with Gasteiger partial charge in [-0.3, -0.25) is 4.90 Å². The van der Waals surface area contributed by atoms with Gasteiger partial charge in [0.25, 0.3) is 0 Å². The zero-order chi connectivity index (χ0) is 17.1. The van der Waals surface area contributed by atoms with Crippen LogP contribution in [0.1, 0.15) is 18.0 Å². The molecule has 0 aliphatic carbocycles. The molecule has 25 heavy (non-hydrogen) atoms. The maximum absolute atomic E-state index is 5.09. The monoisotopic (exact) mass is 335 g/mol. The van der Waals surface area contributed by atoms with Gasteiger partial charge >= 0.3 is 0 Å². The van der Waals surface area contributed by atoms with Gasteiger partial charge < -0.3 is 4.74 Å². The van der Waals surface area contributed by atoms with E-state index in [-0.39, 0.29) is 0 Å². The van der Waals surface area contributed by atoms with Crippen LogP contribution < -0.4 is 4.74 Å². The zero-order valence-corrected chi connectivity index (χ0v) is 14.2. The maximum atomic E-state index is 5.09. The van der Waals surface area contributed by atoms with Gasteiger partial charge in [0.1, 0.15) is 5.69 Å². The van der Waals surface area contributed by atoms with E-state index in [2.05, 4.69) is 50.5 Å². The summed E-state index contributed by atoms with van der Waals surface area (Å²) in [6.07, 6.45) is 4.88. The van der Waals surface area contributed by atoms with Gasteiger partial charge in [-0.15, -0.1) is 5.10 Å². The number of ether oxygens (including phenoxy) is 1. The molecule has 6 nitrogen and oxygen atoms in total. The summed E-state index contributed by atoms with van der Waals surface area (Å²) >= 11 is 0. The van der Waals surface area contributed by atoms with E-state index < -0.39 is 0 Å². The number of likely N-dealkylation sites (tertiary alicyclic amines) is 1. The molecule has 0 N–H and O–H groups in total. The average molecular weight is 335 g/mol. The standard InChI is InChI=1S/C19H21N5O/c1-25-19-8-7-16(11-20-19)18-14-24(22-21-18)17-9-10-23(13-17)12-15-5-3-2-4-6-15/h2-8,11,14,17H,9-10,12-13H2,1H3/t17-/m0/s1. The molecule has 6 heteroatoms. The van der Waals surface area contributed by atoms with Crippen molar-refractivity contribution < 1.29 is 4.74 Å². The largest absolute Gasteiger partial charge is 0.481 e. The molecule has 1 aromatic carbocycles. The Bertz CT molecular complexity index is 815. The topological polar surface area (TPSA) is 56.1 Å². The molecule has 3 aromatic rings. The summed E-state index contributed by atoms with van der Waals surface area (Å²) in [5, 5.41) is 8.65. The number of hydrogen-bond acceptors (Lipinski definition) is 5. The first-order valence-corrected chi connectivity index (χ1v) is 8.50. The van der Waals surface area contributed by atoms with Crippen molar-refractivity contribution >= 4 is 0 Å². The quantitative estimate of drug-likeness (QED) is 0.718. The Labute approximate surface area is 147 Å². The fraction of sp³-hybridized carbons (Fsp3) is 0.316. The van der Waals surface area contributed by atoms with E-state index in [1.807, 2.05) is 23.0 Å². The fourth-order valence-corrected chi connectivity index (χ4v) is 3.25. The average Bonchev–Trinajstić information content (AvgIpc) is 3.32. The SMILES string of the molecule is COc1ccc(-c2cn([C@H]3CCN(Cc4ccccc4)C3)nn2)cn1. The van der Waals surface area contributed by atoms with E-state index in [4.69, 9.17) is 4.74 Å². The molecule has 0 unspecified atom stereocenters. The third-order valence-electron chi connectivity index (χ3n) is 4.62. The van der Waals surface area contributed by atoms with Gasteiger partial charge in [-0.25, -0.2) is 9.67 Å². The minimum atomic E-state index is 0.371. The summed E-state index contributed by atoms with van der Waals surface area (Å²) < 4.78 is 7.08. The van der Waals surface area contributed by atoms with Crippen LogP contribution in [0.25, 0.3) is 11.3 Å². The van der Waals surface area contributed by atoms with E-state index in [0.717, 1.165) is 37.3 Å². The van der Waals surface area contributed by atoms with Gasteiger partial charge in [0, 0.05) is 37.5 Å². The van der Waals surface area contributed by atoms with Crippen LogP contribution in [0.5, 0.6) is 5.88 Å². The van der Waals surface area contributed by atoms with Crippen LogP contribution in [0.15, 0.2) is 54.9 Å². The number of pyridine rings is 1. The van der Waals surface area contributed by atoms with Crippen molar-refractivity contribution in [3.05, 3.63) is 60.4 Å². The number of benzene rings is 1. The lowest BCUT2D eigenvalue weighted by Gasteiger charge is -2.15. The Balaban J connectivity index is 1.42. The summed E-state index contributed by atoms with van der Waals surface area (Å²) in [4.78, 5) is 6.70. The molecule has 128 valence electrons. The van der Waals surface area contributed by atoms with Crippen molar-refractivity contribution in [1.82, 2.24) is 24.9 Å². The Kier molecular flexibility index (Phi) is 4.43. The first-order chi connectivity index (χ1) is 12.3. The highest BCUT2D eigenvalue weighted by atomic mass is 16.5. The fourth-order valence-electron chi connectivity index (χ4n) is 3.25. The summed E-state index contributed by atoms with van der Waals surface area (Å²) in [5.41, 5.74) is 3.15. The molecule has 1 atom stereocenters. The van der Waals surface area contributed by atoms with Crippen molar-refractivity contribution in [1.29, 1.82) is 0 Å². The Morgan fingerprint density at radius 2 is 2.04 bits per heavy atom. The summed E-state index contributed by atoms with van der Waals surface area (Å²) in [5.74, 6) is 0.600. The highest BCUT2D eigenvalue weighted by Crippen LogP contribution is 2.24. The number of hydrogen-bond donors (Lipinski definition) is 0. The van der Waals surface area contributed by atoms with Crippen molar-refractivity contribution in [2.24, 2.45) is 0 Å². The van der Waals surface area contributed by atoms with E-state index in [1.165, 1.54) is 5.56 Å². The van der Waals surface area contributed by atoms with Crippen molar-refractivity contribution in [3.8, 4) is 17.1 Å². The number of nitrogens with zero attached hydrogens (tertiary/aromatic N) is 5. The van der Waals surface area contributed by atoms with Crippen LogP contribution in [-0.2, 0) is 6.54 Å². The van der Waals surface area contributed by atoms with Crippen molar-refractivity contribution in [2.45, 2.75) is 19.0 Å². The molecule has 1 saturated heterocycles. The first kappa shape index (κ1) is 15.8. The van der Waals surface area contributed by atoms with E-state index in [0.29, 0.717) is 11.9 Å². The minimum Gasteiger partial charge on any atom is -0.481 e. The summed E-state index contributed by atoms with van der Waals surface area (Å²) in [7, 11) is 1.61. The van der Waals surface area contributed by atoms with Crippen LogP contribution in [0.4, 0.5) is 0 Å². The Hall–Kier alpha value is -2.73. The molecule has 0 saturated carbocycles. The van der Waals surface area contributed by atoms with Crippen molar-refractivity contribution in [3.63, 3.8) is 0 Å². The van der Waals surface area contributed by atoms with Gasteiger partial charge in [0.2, 0.25) is 5.88 Å². The summed E-state index contributed by atoms with van der Waals surface area (Å²) in [6, 6.07) is 14.8. The number of aromatic nitrogens is 4. The van der Waals surface area contributed by atoms with Crippen LogP contribution in [-0.4, -0.2) is 45.1 Å². The van der Waals surface area contributed by atoms with Crippen LogP contribution in [0.3, 0.4) is 0 Å². The molecular formula is C19H21N5O. The van der Waals surface area contributed by atoms with E-state index >= 15 is 0 Å². The molecule has 1 aliphatic rings. The second-order valence-electron chi connectivity index (χ2n) is 6.34. The number of rotatable bonds is 5. The third-order valence-corrected chi connectivity index (χ3v) is 4.62. The maximum Gasteiger partial charge on any atom is 0.212 e. The highest BCUT2D eigenvalue weighted by molar-refractivity contribution is 5.56. The summed E-state index contributed by atoms with van der Waals surface area (Å²) in [6.45, 7) is 3.07. The molecule has 1 fully saturated rings. The smallest absolute Gasteiger partial charge is 0.212 e. The normalized spacial score (nSPS) is 17.7. The van der Waals surface area contributed by atoms with Crippen molar-refractivity contribution in [2.75, 3.05) is 20.2 Å². The van der Waals surface area contributed by atoms with Crippen LogP contribution in [0.2, 0.25) is 0 Å². The second kappa shape index (κ2) is 7.03. The molecule has 0 spiro atoms. The second-order valence-corrected chi connectivity index (χ2v) is 6.34. The predicted octanol–water partition coefficient (Wildman–Crippen LogP) is 2.80. The first-order valence-electron chi connectivity index (χ1n) is 8.50. The Morgan fingerprint density at radius 3 is 2.80 bits per heavy atom. The van der Waals surface area contributed by atoms with Crippen LogP contribution >= 0.6 is 0 Å². The highest BCUT2D eigenvalue weighted by Gasteiger charge is 2.25. The molecular weight excluding hydrogens is 314 g/mol. The van der Waals surface area contributed by atoms with E-state index in [9.17, 15) is 0 Å². The molecule has 1 aliphatic heterocycles. The van der Waals surface area contributed by atoms with Gasteiger partial charge in [0.05, 0.1) is 19.3 Å². The van der Waals surface area contributed by atoms with Gasteiger partial charge in [-0.05, 0) is 18.1 Å². The molecule has 0 bridgehead atoms. The lowest BCUT2D eigenvalue weighted by molar-refractivity contribution is 0.310.